The zero-order chi connectivity index (χ0) is 12.7. The molecule has 2 aliphatic rings. The van der Waals surface area contributed by atoms with Crippen LogP contribution in [0.15, 0.2) is 24.3 Å². The van der Waals surface area contributed by atoms with E-state index >= 15 is 0 Å². The van der Waals surface area contributed by atoms with Gasteiger partial charge in [-0.2, -0.15) is 0 Å². The molecule has 1 atom stereocenters. The lowest BCUT2D eigenvalue weighted by Gasteiger charge is -2.28. The SMILES string of the molecule is c1ccc2c3c([nH]c2c1)CCN[C@H]3CN1CCCC1. The number of H-pyrrole nitrogens is 1. The Labute approximate surface area is 114 Å². The lowest BCUT2D eigenvalue weighted by atomic mass is 9.97. The summed E-state index contributed by atoms with van der Waals surface area (Å²) in [5, 5.41) is 5.13. The zero-order valence-corrected chi connectivity index (χ0v) is 11.3. The molecule has 0 aliphatic carbocycles. The van der Waals surface area contributed by atoms with Crippen LogP contribution < -0.4 is 5.32 Å². The molecule has 2 N–H and O–H groups in total. The van der Waals surface area contributed by atoms with Gasteiger partial charge in [0.1, 0.15) is 0 Å². The van der Waals surface area contributed by atoms with Crippen LogP contribution in [0, 0.1) is 0 Å². The minimum atomic E-state index is 0.498. The van der Waals surface area contributed by atoms with Gasteiger partial charge in [0, 0.05) is 42.1 Å². The van der Waals surface area contributed by atoms with E-state index in [4.69, 9.17) is 0 Å². The second-order valence-electron chi connectivity index (χ2n) is 5.83. The summed E-state index contributed by atoms with van der Waals surface area (Å²) in [6, 6.07) is 9.22. The number of aromatic nitrogens is 1. The van der Waals surface area contributed by atoms with Crippen molar-refractivity contribution in [2.75, 3.05) is 26.2 Å². The first-order valence-electron chi connectivity index (χ1n) is 7.47. The number of para-hydroxylation sites is 1. The summed E-state index contributed by atoms with van der Waals surface area (Å²) >= 11 is 0. The number of fused-ring (bicyclic) bond motifs is 3. The van der Waals surface area contributed by atoms with E-state index in [1.165, 1.54) is 48.1 Å². The first kappa shape index (κ1) is 11.5. The van der Waals surface area contributed by atoms with Gasteiger partial charge >= 0.3 is 0 Å². The fourth-order valence-corrected chi connectivity index (χ4v) is 3.67. The molecule has 1 fully saturated rings. The van der Waals surface area contributed by atoms with E-state index in [2.05, 4.69) is 39.5 Å². The molecule has 3 heterocycles. The lowest BCUT2D eigenvalue weighted by Crippen LogP contribution is -2.37. The molecular weight excluding hydrogens is 234 g/mol. The summed E-state index contributed by atoms with van der Waals surface area (Å²) in [5.41, 5.74) is 4.26. The molecule has 0 spiro atoms. The highest BCUT2D eigenvalue weighted by Crippen LogP contribution is 2.31. The minimum Gasteiger partial charge on any atom is -0.358 e. The predicted molar refractivity (Wildman–Crippen MR) is 78.4 cm³/mol. The summed E-state index contributed by atoms with van der Waals surface area (Å²) in [5.74, 6) is 0. The van der Waals surface area contributed by atoms with Crippen molar-refractivity contribution in [1.29, 1.82) is 0 Å². The highest BCUT2D eigenvalue weighted by atomic mass is 15.2. The first-order valence-corrected chi connectivity index (χ1v) is 7.47. The number of rotatable bonds is 2. The summed E-state index contributed by atoms with van der Waals surface area (Å²) in [6.45, 7) is 4.80. The van der Waals surface area contributed by atoms with Crippen molar-refractivity contribution in [3.63, 3.8) is 0 Å². The van der Waals surface area contributed by atoms with Crippen LogP contribution >= 0.6 is 0 Å². The van der Waals surface area contributed by atoms with Gasteiger partial charge in [-0.05, 0) is 37.6 Å². The maximum atomic E-state index is 3.72. The number of nitrogens with one attached hydrogen (secondary N) is 2. The van der Waals surface area contributed by atoms with Crippen LogP contribution in [0.4, 0.5) is 0 Å². The van der Waals surface area contributed by atoms with Crippen LogP contribution in [-0.2, 0) is 6.42 Å². The van der Waals surface area contributed by atoms with Gasteiger partial charge in [0.05, 0.1) is 0 Å². The smallest absolute Gasteiger partial charge is 0.0473 e. The number of nitrogens with zero attached hydrogens (tertiary/aromatic N) is 1. The Balaban J connectivity index is 1.71. The average Bonchev–Trinajstić information content (AvgIpc) is 3.05. The maximum absolute atomic E-state index is 3.72. The Morgan fingerprint density at radius 1 is 1.16 bits per heavy atom. The van der Waals surface area contributed by atoms with Crippen molar-refractivity contribution < 1.29 is 0 Å². The molecule has 3 nitrogen and oxygen atoms in total. The molecular formula is C16H21N3. The fraction of sp³-hybridized carbons (Fsp3) is 0.500. The molecule has 19 heavy (non-hydrogen) atoms. The van der Waals surface area contributed by atoms with Crippen molar-refractivity contribution in [2.24, 2.45) is 0 Å². The molecule has 0 unspecified atom stereocenters. The van der Waals surface area contributed by atoms with Crippen molar-refractivity contribution in [3.8, 4) is 0 Å². The van der Waals surface area contributed by atoms with Gasteiger partial charge in [-0.25, -0.2) is 0 Å². The Hall–Kier alpha value is -1.32. The Kier molecular flexibility index (Phi) is 2.82. The van der Waals surface area contributed by atoms with E-state index in [-0.39, 0.29) is 0 Å². The number of hydrogen-bond acceptors (Lipinski definition) is 2. The van der Waals surface area contributed by atoms with Crippen molar-refractivity contribution in [1.82, 2.24) is 15.2 Å². The van der Waals surface area contributed by atoms with E-state index in [1.54, 1.807) is 0 Å². The summed E-state index contributed by atoms with van der Waals surface area (Å²) < 4.78 is 0. The third kappa shape index (κ3) is 1.97. The molecule has 100 valence electrons. The molecule has 0 radical (unpaired) electrons. The van der Waals surface area contributed by atoms with E-state index in [1.807, 2.05) is 0 Å². The van der Waals surface area contributed by atoms with Crippen molar-refractivity contribution >= 4 is 10.9 Å². The molecule has 3 heteroatoms. The van der Waals surface area contributed by atoms with Crippen LogP contribution in [0.2, 0.25) is 0 Å². The molecule has 2 aromatic rings. The van der Waals surface area contributed by atoms with Gasteiger partial charge < -0.3 is 15.2 Å². The second kappa shape index (κ2) is 4.66. The summed E-state index contributed by atoms with van der Waals surface area (Å²) in [6.07, 6.45) is 3.86. The molecule has 4 rings (SSSR count). The van der Waals surface area contributed by atoms with Crippen LogP contribution in [-0.4, -0.2) is 36.1 Å². The normalized spacial score (nSPS) is 23.9. The number of hydrogen-bond donors (Lipinski definition) is 2. The number of likely N-dealkylation sites (tertiary alicyclic amines) is 1. The van der Waals surface area contributed by atoms with Crippen LogP contribution in [0.3, 0.4) is 0 Å². The third-order valence-electron chi connectivity index (χ3n) is 4.58. The lowest BCUT2D eigenvalue weighted by molar-refractivity contribution is 0.288. The maximum Gasteiger partial charge on any atom is 0.0473 e. The van der Waals surface area contributed by atoms with Gasteiger partial charge in [-0.15, -0.1) is 0 Å². The topological polar surface area (TPSA) is 31.1 Å². The summed E-state index contributed by atoms with van der Waals surface area (Å²) in [7, 11) is 0. The number of aromatic amines is 1. The van der Waals surface area contributed by atoms with Crippen LogP contribution in [0.5, 0.6) is 0 Å². The van der Waals surface area contributed by atoms with E-state index in [0.717, 1.165) is 19.5 Å². The quantitative estimate of drug-likeness (QED) is 0.863. The number of benzene rings is 1. The molecule has 1 saturated heterocycles. The van der Waals surface area contributed by atoms with Crippen LogP contribution in [0.25, 0.3) is 10.9 Å². The fourth-order valence-electron chi connectivity index (χ4n) is 3.67. The molecule has 1 aromatic carbocycles. The molecule has 1 aromatic heterocycles. The average molecular weight is 255 g/mol. The predicted octanol–water partition coefficient (Wildman–Crippen LogP) is 2.45. The highest BCUT2D eigenvalue weighted by molar-refractivity contribution is 5.85. The van der Waals surface area contributed by atoms with Gasteiger partial charge in [-0.3, -0.25) is 0 Å². The van der Waals surface area contributed by atoms with E-state index in [0.29, 0.717) is 6.04 Å². The van der Waals surface area contributed by atoms with Gasteiger partial charge in [0.25, 0.3) is 0 Å². The minimum absolute atomic E-state index is 0.498. The second-order valence-corrected chi connectivity index (χ2v) is 5.83. The standard InChI is InChI=1S/C16H21N3/c1-2-6-13-12(5-1)16-14(18-13)7-8-17-15(16)11-19-9-3-4-10-19/h1-2,5-6,15,17-18H,3-4,7-11H2/t15-/m0/s1. The van der Waals surface area contributed by atoms with Gasteiger partial charge in [0.2, 0.25) is 0 Å². The Morgan fingerprint density at radius 2 is 2.00 bits per heavy atom. The molecule has 0 amide bonds. The van der Waals surface area contributed by atoms with E-state index in [9.17, 15) is 0 Å². The monoisotopic (exact) mass is 255 g/mol. The largest absolute Gasteiger partial charge is 0.358 e. The Morgan fingerprint density at radius 3 is 2.89 bits per heavy atom. The van der Waals surface area contributed by atoms with Gasteiger partial charge in [-0.1, -0.05) is 18.2 Å². The first-order chi connectivity index (χ1) is 9.42. The van der Waals surface area contributed by atoms with E-state index < -0.39 is 0 Å². The molecule has 0 bridgehead atoms. The zero-order valence-electron chi connectivity index (χ0n) is 11.3. The van der Waals surface area contributed by atoms with Crippen LogP contribution in [0.1, 0.15) is 30.1 Å². The Bertz CT molecular complexity index is 581. The van der Waals surface area contributed by atoms with Crippen molar-refractivity contribution in [3.05, 3.63) is 35.5 Å². The molecule has 0 saturated carbocycles. The van der Waals surface area contributed by atoms with Gasteiger partial charge in [0.15, 0.2) is 0 Å². The highest BCUT2D eigenvalue weighted by Gasteiger charge is 2.26. The third-order valence-corrected chi connectivity index (χ3v) is 4.58. The van der Waals surface area contributed by atoms with Crippen molar-refractivity contribution in [2.45, 2.75) is 25.3 Å². The summed E-state index contributed by atoms with van der Waals surface area (Å²) in [4.78, 5) is 6.22. The molecule has 2 aliphatic heterocycles.